The van der Waals surface area contributed by atoms with Gasteiger partial charge in [-0.1, -0.05) is 19.3 Å². The lowest BCUT2D eigenvalue weighted by molar-refractivity contribution is -0.135. The van der Waals surface area contributed by atoms with E-state index in [-0.39, 0.29) is 18.1 Å². The first-order chi connectivity index (χ1) is 9.37. The Bertz CT molecular complexity index is 449. The molecule has 3 unspecified atom stereocenters. The van der Waals surface area contributed by atoms with Crippen molar-refractivity contribution in [3.63, 3.8) is 0 Å². The summed E-state index contributed by atoms with van der Waals surface area (Å²) >= 11 is 0. The zero-order valence-electron chi connectivity index (χ0n) is 12.3. The Balaban J connectivity index is 1.86. The Morgan fingerprint density at radius 3 is 2.55 bits per heavy atom. The van der Waals surface area contributed by atoms with Crippen molar-refractivity contribution in [2.24, 2.45) is 17.6 Å². The molecule has 116 valence electrons. The van der Waals surface area contributed by atoms with Crippen molar-refractivity contribution in [1.82, 2.24) is 4.90 Å². The van der Waals surface area contributed by atoms with Crippen LogP contribution in [0.25, 0.3) is 0 Å². The molecule has 1 amide bonds. The first-order valence-electron chi connectivity index (χ1n) is 7.59. The van der Waals surface area contributed by atoms with Crippen molar-refractivity contribution in [2.45, 2.75) is 44.6 Å². The highest BCUT2D eigenvalue weighted by molar-refractivity contribution is 7.90. The molecule has 2 fully saturated rings. The summed E-state index contributed by atoms with van der Waals surface area (Å²) in [6.45, 7) is 1.60. The summed E-state index contributed by atoms with van der Waals surface area (Å²) in [5, 5.41) is 0. The minimum absolute atomic E-state index is 0.0141. The van der Waals surface area contributed by atoms with E-state index in [1.807, 2.05) is 4.90 Å². The number of nitrogens with zero attached hydrogens (tertiary/aromatic N) is 1. The third-order valence-corrected chi connectivity index (χ3v) is 5.70. The largest absolute Gasteiger partial charge is 0.341 e. The van der Waals surface area contributed by atoms with Crippen molar-refractivity contribution in [3.8, 4) is 0 Å². The minimum atomic E-state index is -3.05. The third-order valence-electron chi connectivity index (χ3n) is 4.72. The molecule has 0 radical (unpaired) electrons. The van der Waals surface area contributed by atoms with E-state index in [1.165, 1.54) is 31.9 Å². The van der Waals surface area contributed by atoms with Crippen molar-refractivity contribution >= 4 is 15.7 Å². The molecule has 6 heteroatoms. The van der Waals surface area contributed by atoms with E-state index in [4.69, 9.17) is 5.73 Å². The quantitative estimate of drug-likeness (QED) is 0.832. The third kappa shape index (κ3) is 4.19. The predicted octanol–water partition coefficient (Wildman–Crippen LogP) is 0.787. The van der Waals surface area contributed by atoms with Gasteiger partial charge in [0.05, 0.1) is 11.8 Å². The van der Waals surface area contributed by atoms with Crippen LogP contribution in [0.4, 0.5) is 0 Å². The summed E-state index contributed by atoms with van der Waals surface area (Å²) in [5.74, 6) is 1.32. The Morgan fingerprint density at radius 2 is 1.90 bits per heavy atom. The Morgan fingerprint density at radius 1 is 1.25 bits per heavy atom. The molecule has 0 bridgehead atoms. The van der Waals surface area contributed by atoms with Crippen LogP contribution in [0.3, 0.4) is 0 Å². The minimum Gasteiger partial charge on any atom is -0.341 e. The fraction of sp³-hybridized carbons (Fsp3) is 0.929. The first kappa shape index (κ1) is 15.8. The SMILES string of the molecule is CS(=O)(=O)CCC(N)C(=O)N1CCC2CCCCC2C1. The summed E-state index contributed by atoms with van der Waals surface area (Å²) in [6, 6.07) is -0.676. The van der Waals surface area contributed by atoms with E-state index in [1.54, 1.807) is 0 Å². The number of hydrogen-bond donors (Lipinski definition) is 1. The molecule has 1 saturated heterocycles. The molecular formula is C14H26N2O3S. The number of carbonyl (C=O) groups excluding carboxylic acids is 1. The van der Waals surface area contributed by atoms with Crippen LogP contribution >= 0.6 is 0 Å². The molecule has 0 aromatic rings. The fourth-order valence-electron chi connectivity index (χ4n) is 3.50. The molecule has 1 saturated carbocycles. The van der Waals surface area contributed by atoms with Crippen LogP contribution in [0, 0.1) is 11.8 Å². The van der Waals surface area contributed by atoms with Gasteiger partial charge in [-0.25, -0.2) is 8.42 Å². The second-order valence-electron chi connectivity index (χ2n) is 6.40. The molecule has 0 aromatic carbocycles. The standard InChI is InChI=1S/C14H26N2O3S/c1-20(18,19)9-7-13(15)14(17)16-8-6-11-4-2-3-5-12(11)10-16/h11-13H,2-10,15H2,1H3. The van der Waals surface area contributed by atoms with Gasteiger partial charge in [-0.05, 0) is 31.1 Å². The van der Waals surface area contributed by atoms with E-state index >= 15 is 0 Å². The maximum Gasteiger partial charge on any atom is 0.239 e. The second-order valence-corrected chi connectivity index (χ2v) is 8.66. The number of sulfone groups is 1. The van der Waals surface area contributed by atoms with Crippen LogP contribution < -0.4 is 5.73 Å². The molecule has 1 heterocycles. The highest BCUT2D eigenvalue weighted by Crippen LogP contribution is 2.36. The molecule has 2 N–H and O–H groups in total. The van der Waals surface area contributed by atoms with Crippen LogP contribution in [0.15, 0.2) is 0 Å². The van der Waals surface area contributed by atoms with Gasteiger partial charge in [0.15, 0.2) is 0 Å². The monoisotopic (exact) mass is 302 g/mol. The van der Waals surface area contributed by atoms with Crippen LogP contribution in [-0.4, -0.2) is 50.4 Å². The highest BCUT2D eigenvalue weighted by Gasteiger charge is 2.34. The average molecular weight is 302 g/mol. The molecule has 2 aliphatic rings. The lowest BCUT2D eigenvalue weighted by Gasteiger charge is -2.42. The topological polar surface area (TPSA) is 80.5 Å². The normalized spacial score (nSPS) is 28.8. The summed E-state index contributed by atoms with van der Waals surface area (Å²) in [5.41, 5.74) is 5.87. The number of likely N-dealkylation sites (tertiary alicyclic amines) is 1. The molecule has 0 aromatic heterocycles. The van der Waals surface area contributed by atoms with Crippen molar-refractivity contribution in [1.29, 1.82) is 0 Å². The number of hydrogen-bond acceptors (Lipinski definition) is 4. The fourth-order valence-corrected chi connectivity index (χ4v) is 4.18. The summed E-state index contributed by atoms with van der Waals surface area (Å²) in [4.78, 5) is 14.2. The molecule has 1 aliphatic carbocycles. The molecule has 20 heavy (non-hydrogen) atoms. The number of rotatable bonds is 4. The predicted molar refractivity (Wildman–Crippen MR) is 78.9 cm³/mol. The second kappa shape index (κ2) is 6.43. The summed E-state index contributed by atoms with van der Waals surface area (Å²) < 4.78 is 22.3. The number of fused-ring (bicyclic) bond motifs is 1. The first-order valence-corrected chi connectivity index (χ1v) is 9.65. The maximum absolute atomic E-state index is 12.3. The summed E-state index contributed by atoms with van der Waals surface area (Å²) in [7, 11) is -3.05. The van der Waals surface area contributed by atoms with Crippen LogP contribution in [0.1, 0.15) is 38.5 Å². The Labute approximate surface area is 121 Å². The van der Waals surface area contributed by atoms with E-state index in [0.29, 0.717) is 5.92 Å². The van der Waals surface area contributed by atoms with Crippen molar-refractivity contribution in [3.05, 3.63) is 0 Å². The summed E-state index contributed by atoms with van der Waals surface area (Å²) in [6.07, 6.45) is 7.58. The van der Waals surface area contributed by atoms with Gasteiger partial charge in [0.2, 0.25) is 5.91 Å². The molecule has 5 nitrogen and oxygen atoms in total. The van der Waals surface area contributed by atoms with Gasteiger partial charge in [-0.15, -0.1) is 0 Å². The number of amides is 1. The van der Waals surface area contributed by atoms with Gasteiger partial charge in [-0.3, -0.25) is 4.79 Å². The van der Waals surface area contributed by atoms with Crippen LogP contribution in [-0.2, 0) is 14.6 Å². The van der Waals surface area contributed by atoms with E-state index in [0.717, 1.165) is 25.4 Å². The van der Waals surface area contributed by atoms with Gasteiger partial charge < -0.3 is 10.6 Å². The lowest BCUT2D eigenvalue weighted by Crippen LogP contribution is -2.50. The zero-order valence-corrected chi connectivity index (χ0v) is 13.1. The number of carbonyl (C=O) groups is 1. The number of piperidine rings is 1. The molecule has 0 spiro atoms. The highest BCUT2D eigenvalue weighted by atomic mass is 32.2. The van der Waals surface area contributed by atoms with Crippen molar-refractivity contribution < 1.29 is 13.2 Å². The van der Waals surface area contributed by atoms with E-state index in [9.17, 15) is 13.2 Å². The van der Waals surface area contributed by atoms with Gasteiger partial charge >= 0.3 is 0 Å². The van der Waals surface area contributed by atoms with Crippen molar-refractivity contribution in [2.75, 3.05) is 25.1 Å². The van der Waals surface area contributed by atoms with Gasteiger partial charge in [-0.2, -0.15) is 0 Å². The van der Waals surface area contributed by atoms with Crippen LogP contribution in [0.2, 0.25) is 0 Å². The maximum atomic E-state index is 12.3. The molecule has 2 rings (SSSR count). The molecule has 3 atom stereocenters. The Kier molecular flexibility index (Phi) is 5.07. The van der Waals surface area contributed by atoms with E-state index < -0.39 is 15.9 Å². The number of nitrogens with two attached hydrogens (primary N) is 1. The Hall–Kier alpha value is -0.620. The smallest absolute Gasteiger partial charge is 0.239 e. The van der Waals surface area contributed by atoms with Crippen LogP contribution in [0.5, 0.6) is 0 Å². The molecular weight excluding hydrogens is 276 g/mol. The zero-order chi connectivity index (χ0) is 14.8. The van der Waals surface area contributed by atoms with Gasteiger partial charge in [0.1, 0.15) is 9.84 Å². The lowest BCUT2D eigenvalue weighted by atomic mass is 9.75. The van der Waals surface area contributed by atoms with Gasteiger partial charge in [0, 0.05) is 19.3 Å². The van der Waals surface area contributed by atoms with E-state index in [2.05, 4.69) is 0 Å². The average Bonchev–Trinajstić information content (AvgIpc) is 2.42. The van der Waals surface area contributed by atoms with Gasteiger partial charge in [0.25, 0.3) is 0 Å². The molecule has 1 aliphatic heterocycles.